The van der Waals surface area contributed by atoms with E-state index in [1.165, 1.54) is 6.42 Å². The maximum absolute atomic E-state index is 5.34. The zero-order valence-corrected chi connectivity index (χ0v) is 29.7. The highest BCUT2D eigenvalue weighted by atomic mass is 15.2. The molecule has 0 fully saturated rings. The second kappa shape index (κ2) is 14.0. The number of hydrogen-bond donors (Lipinski definition) is 0. The van der Waals surface area contributed by atoms with Crippen molar-refractivity contribution in [3.05, 3.63) is 158 Å². The summed E-state index contributed by atoms with van der Waals surface area (Å²) in [5, 5.41) is 0. The SMILES string of the molecule is CCC.c1ccc(-n2c(-c3cc(-c4nc5cccnc5n4-c4ccccc4)nc(-c4nc5cccnc5n4-c4ccccc4)c3)nc3cccnc32)cc1. The largest absolute Gasteiger partial charge is 0.277 e. The smallest absolute Gasteiger partial charge is 0.165 e. The predicted octanol–water partition coefficient (Wildman–Crippen LogP) is 9.70. The number of aromatic nitrogens is 10. The number of pyridine rings is 4. The molecule has 0 N–H and O–H groups in total. The molecule has 0 saturated carbocycles. The molecule has 3 aromatic carbocycles. The van der Waals surface area contributed by atoms with Crippen LogP contribution < -0.4 is 0 Å². The van der Waals surface area contributed by atoms with Gasteiger partial charge in [-0.25, -0.2) is 34.9 Å². The lowest BCUT2D eigenvalue weighted by atomic mass is 10.1. The molecule has 0 aliphatic rings. The molecule has 0 aliphatic carbocycles. The molecule has 0 saturated heterocycles. The molecule has 0 amide bonds. The number of imidazole rings is 3. The lowest BCUT2D eigenvalue weighted by Gasteiger charge is -2.14. The lowest BCUT2D eigenvalue weighted by Crippen LogP contribution is -2.04. The first-order valence-electron chi connectivity index (χ1n) is 17.9. The summed E-state index contributed by atoms with van der Waals surface area (Å²) in [7, 11) is 0. The minimum Gasteiger partial charge on any atom is -0.277 e. The van der Waals surface area contributed by atoms with Gasteiger partial charge in [-0.1, -0.05) is 74.9 Å². The number of rotatable bonds is 6. The van der Waals surface area contributed by atoms with E-state index in [0.717, 1.165) is 56.1 Å². The number of fused-ring (bicyclic) bond motifs is 3. The first-order chi connectivity index (χ1) is 26.7. The van der Waals surface area contributed by atoms with Gasteiger partial charge in [0.25, 0.3) is 0 Å². The highest BCUT2D eigenvalue weighted by Crippen LogP contribution is 2.36. The van der Waals surface area contributed by atoms with Gasteiger partial charge in [0, 0.05) is 41.2 Å². The Balaban J connectivity index is 0.00000124. The van der Waals surface area contributed by atoms with Gasteiger partial charge in [-0.3, -0.25) is 13.7 Å². The van der Waals surface area contributed by atoms with E-state index >= 15 is 0 Å². The van der Waals surface area contributed by atoms with Crippen LogP contribution in [0.2, 0.25) is 0 Å². The fourth-order valence-electron chi connectivity index (χ4n) is 6.63. The Hall–Kier alpha value is -7.33. The zero-order valence-electron chi connectivity index (χ0n) is 29.7. The van der Waals surface area contributed by atoms with Crippen molar-refractivity contribution in [2.45, 2.75) is 20.3 Å². The fraction of sp³-hybridized carbons (Fsp3) is 0.0682. The minimum absolute atomic E-state index is 0.628. The quantitative estimate of drug-likeness (QED) is 0.170. The van der Waals surface area contributed by atoms with E-state index in [0.29, 0.717) is 28.9 Å². The second-order valence-corrected chi connectivity index (χ2v) is 12.7. The lowest BCUT2D eigenvalue weighted by molar-refractivity contribution is 1.04. The molecule has 10 heteroatoms. The molecule has 0 spiro atoms. The first-order valence-corrected chi connectivity index (χ1v) is 17.9. The number of para-hydroxylation sites is 3. The van der Waals surface area contributed by atoms with Crippen LogP contribution >= 0.6 is 0 Å². The summed E-state index contributed by atoms with van der Waals surface area (Å²) in [5.74, 6) is 1.98. The molecule has 0 atom stereocenters. The summed E-state index contributed by atoms with van der Waals surface area (Å²) in [6.07, 6.45) is 6.61. The van der Waals surface area contributed by atoms with Crippen LogP contribution in [0.3, 0.4) is 0 Å². The van der Waals surface area contributed by atoms with Gasteiger partial charge in [-0.05, 0) is 84.9 Å². The Morgan fingerprint density at radius 2 is 0.722 bits per heavy atom. The molecule has 7 aromatic heterocycles. The Bertz CT molecular complexity index is 2550. The predicted molar refractivity (Wildman–Crippen MR) is 214 cm³/mol. The maximum atomic E-state index is 5.34. The van der Waals surface area contributed by atoms with E-state index in [2.05, 4.69) is 39.7 Å². The topological polar surface area (TPSA) is 105 Å². The molecule has 0 aliphatic heterocycles. The standard InChI is InChI=1S/C41H26N10.C3H8/c1-4-13-28(14-5-1)49-36(46-31-19-10-22-42-37(31)49)27-25-34(40-47-32-20-11-23-43-38(32)50(40)29-15-6-2-7-16-29)45-35(26-27)41-48-33-21-12-24-44-39(33)51(41)30-17-8-3-9-18-30;1-3-2/h1-26H;3H2,1-2H3. The van der Waals surface area contributed by atoms with Crippen LogP contribution in [0, 0.1) is 0 Å². The molecule has 0 unspecified atom stereocenters. The summed E-state index contributed by atoms with van der Waals surface area (Å²) >= 11 is 0. The monoisotopic (exact) mass is 702 g/mol. The number of hydrogen-bond acceptors (Lipinski definition) is 7. The highest BCUT2D eigenvalue weighted by Gasteiger charge is 2.24. The Morgan fingerprint density at radius 3 is 1.09 bits per heavy atom. The van der Waals surface area contributed by atoms with Crippen molar-refractivity contribution in [3.8, 4) is 51.5 Å². The summed E-state index contributed by atoms with van der Waals surface area (Å²) in [6, 6.07) is 46.1. The molecular formula is C44H34N10. The second-order valence-electron chi connectivity index (χ2n) is 12.7. The summed E-state index contributed by atoms with van der Waals surface area (Å²) < 4.78 is 6.19. The third-order valence-corrected chi connectivity index (χ3v) is 8.83. The van der Waals surface area contributed by atoms with E-state index in [-0.39, 0.29) is 0 Å². The van der Waals surface area contributed by atoms with E-state index in [4.69, 9.17) is 34.9 Å². The van der Waals surface area contributed by atoms with E-state index < -0.39 is 0 Å². The van der Waals surface area contributed by atoms with Gasteiger partial charge in [-0.2, -0.15) is 0 Å². The molecule has 10 rings (SSSR count). The van der Waals surface area contributed by atoms with Crippen molar-refractivity contribution >= 4 is 33.5 Å². The molecule has 54 heavy (non-hydrogen) atoms. The molecule has 10 nitrogen and oxygen atoms in total. The zero-order chi connectivity index (χ0) is 36.4. The van der Waals surface area contributed by atoms with Gasteiger partial charge in [0.1, 0.15) is 33.8 Å². The van der Waals surface area contributed by atoms with Crippen molar-refractivity contribution in [1.82, 2.24) is 48.6 Å². The van der Waals surface area contributed by atoms with E-state index in [1.807, 2.05) is 127 Å². The number of benzene rings is 3. The molecular weight excluding hydrogens is 669 g/mol. The fourth-order valence-corrected chi connectivity index (χ4v) is 6.63. The van der Waals surface area contributed by atoms with Crippen LogP contribution in [-0.2, 0) is 0 Å². The Kier molecular flexibility index (Phi) is 8.45. The van der Waals surface area contributed by atoms with Crippen LogP contribution in [0.15, 0.2) is 158 Å². The van der Waals surface area contributed by atoms with Crippen molar-refractivity contribution in [2.24, 2.45) is 0 Å². The van der Waals surface area contributed by atoms with E-state index in [1.54, 1.807) is 18.6 Å². The molecule has 10 aromatic rings. The van der Waals surface area contributed by atoms with Crippen LogP contribution in [0.1, 0.15) is 20.3 Å². The highest BCUT2D eigenvalue weighted by molar-refractivity contribution is 5.86. The third-order valence-electron chi connectivity index (χ3n) is 8.83. The summed E-state index contributed by atoms with van der Waals surface area (Å²) in [5.41, 5.74) is 9.35. The minimum atomic E-state index is 0.628. The van der Waals surface area contributed by atoms with Crippen molar-refractivity contribution in [1.29, 1.82) is 0 Å². The average Bonchev–Trinajstić information content (AvgIpc) is 3.94. The Morgan fingerprint density at radius 1 is 0.389 bits per heavy atom. The molecule has 0 radical (unpaired) electrons. The van der Waals surface area contributed by atoms with Gasteiger partial charge < -0.3 is 0 Å². The molecule has 7 heterocycles. The maximum Gasteiger partial charge on any atom is 0.165 e. The van der Waals surface area contributed by atoms with Gasteiger partial charge in [0.2, 0.25) is 0 Å². The van der Waals surface area contributed by atoms with Crippen LogP contribution in [0.4, 0.5) is 0 Å². The van der Waals surface area contributed by atoms with Crippen molar-refractivity contribution < 1.29 is 0 Å². The Labute approximate surface area is 311 Å². The summed E-state index contributed by atoms with van der Waals surface area (Å²) in [4.78, 5) is 35.1. The molecule has 0 bridgehead atoms. The average molecular weight is 703 g/mol. The summed E-state index contributed by atoms with van der Waals surface area (Å²) in [6.45, 7) is 4.25. The van der Waals surface area contributed by atoms with Gasteiger partial charge in [0.15, 0.2) is 28.6 Å². The van der Waals surface area contributed by atoms with Gasteiger partial charge in [-0.15, -0.1) is 0 Å². The first kappa shape index (κ1) is 32.6. The van der Waals surface area contributed by atoms with Crippen molar-refractivity contribution in [2.75, 3.05) is 0 Å². The van der Waals surface area contributed by atoms with Crippen LogP contribution in [0.5, 0.6) is 0 Å². The number of nitrogens with zero attached hydrogens (tertiary/aromatic N) is 10. The van der Waals surface area contributed by atoms with Crippen LogP contribution in [-0.4, -0.2) is 48.6 Å². The van der Waals surface area contributed by atoms with Gasteiger partial charge in [0.05, 0.1) is 0 Å². The van der Waals surface area contributed by atoms with Crippen LogP contribution in [0.25, 0.3) is 85.0 Å². The normalized spacial score (nSPS) is 11.2. The third kappa shape index (κ3) is 5.75. The van der Waals surface area contributed by atoms with Crippen molar-refractivity contribution in [3.63, 3.8) is 0 Å². The molecule has 260 valence electrons. The van der Waals surface area contributed by atoms with Gasteiger partial charge >= 0.3 is 0 Å². The van der Waals surface area contributed by atoms with E-state index in [9.17, 15) is 0 Å².